The number of likely N-dealkylation sites (tertiary alicyclic amines) is 3. The number of hydrogen-bond acceptors (Lipinski definition) is 3. The van der Waals surface area contributed by atoms with Crippen LogP contribution in [0.2, 0.25) is 0 Å². The summed E-state index contributed by atoms with van der Waals surface area (Å²) >= 11 is 0. The smallest absolute Gasteiger partial charge is 0.236 e. The van der Waals surface area contributed by atoms with Gasteiger partial charge in [0.05, 0.1) is 6.54 Å². The van der Waals surface area contributed by atoms with Crippen molar-refractivity contribution in [1.29, 1.82) is 0 Å². The third kappa shape index (κ3) is 4.34. The summed E-state index contributed by atoms with van der Waals surface area (Å²) in [7, 11) is 0. The van der Waals surface area contributed by atoms with Crippen LogP contribution in [0.4, 0.5) is 0 Å². The van der Waals surface area contributed by atoms with Crippen molar-refractivity contribution in [3.63, 3.8) is 0 Å². The minimum atomic E-state index is 0.0849. The lowest BCUT2D eigenvalue weighted by molar-refractivity contribution is -0.144. The Kier molecular flexibility index (Phi) is 5.48. The molecule has 1 atom stereocenters. The van der Waals surface area contributed by atoms with E-state index in [4.69, 9.17) is 0 Å². The van der Waals surface area contributed by atoms with Crippen LogP contribution in [-0.4, -0.2) is 65.8 Å². The molecule has 0 N–H and O–H groups in total. The van der Waals surface area contributed by atoms with Gasteiger partial charge in [-0.3, -0.25) is 14.5 Å². The monoisotopic (exact) mass is 369 g/mol. The van der Waals surface area contributed by atoms with Gasteiger partial charge in [0.25, 0.3) is 0 Å². The van der Waals surface area contributed by atoms with Crippen LogP contribution >= 0.6 is 0 Å². The second-order valence-electron chi connectivity index (χ2n) is 8.64. The lowest BCUT2D eigenvalue weighted by atomic mass is 9.73. The molecule has 2 amide bonds. The molecule has 27 heavy (non-hydrogen) atoms. The van der Waals surface area contributed by atoms with Gasteiger partial charge in [0.15, 0.2) is 0 Å². The predicted octanol–water partition coefficient (Wildman–Crippen LogP) is 2.51. The molecule has 3 aliphatic rings. The summed E-state index contributed by atoms with van der Waals surface area (Å²) in [4.78, 5) is 31.7. The zero-order valence-corrected chi connectivity index (χ0v) is 16.2. The normalized spacial score (nSPS) is 26.7. The summed E-state index contributed by atoms with van der Waals surface area (Å²) in [5.74, 6) is 0.535. The van der Waals surface area contributed by atoms with E-state index in [-0.39, 0.29) is 17.2 Å². The number of carbonyl (C=O) groups is 2. The topological polar surface area (TPSA) is 43.9 Å². The summed E-state index contributed by atoms with van der Waals surface area (Å²) in [5.41, 5.74) is 1.27. The van der Waals surface area contributed by atoms with Crippen molar-refractivity contribution in [2.45, 2.75) is 45.1 Å². The maximum atomic E-state index is 12.8. The van der Waals surface area contributed by atoms with Crippen LogP contribution in [0.25, 0.3) is 0 Å². The first kappa shape index (κ1) is 18.5. The Morgan fingerprint density at radius 1 is 0.963 bits per heavy atom. The number of hydrogen-bond donors (Lipinski definition) is 0. The van der Waals surface area contributed by atoms with Crippen LogP contribution in [0, 0.1) is 5.41 Å². The maximum absolute atomic E-state index is 12.8. The molecule has 3 heterocycles. The van der Waals surface area contributed by atoms with Gasteiger partial charge in [0.2, 0.25) is 11.8 Å². The quantitative estimate of drug-likeness (QED) is 0.819. The van der Waals surface area contributed by atoms with Crippen LogP contribution in [0.1, 0.15) is 44.1 Å². The van der Waals surface area contributed by atoms with Crippen molar-refractivity contribution in [3.05, 3.63) is 35.9 Å². The lowest BCUT2D eigenvalue weighted by Gasteiger charge is -2.48. The molecule has 3 aliphatic heterocycles. The van der Waals surface area contributed by atoms with Crippen molar-refractivity contribution >= 4 is 11.8 Å². The number of piperidine rings is 2. The van der Waals surface area contributed by atoms with E-state index in [1.807, 2.05) is 23.1 Å². The van der Waals surface area contributed by atoms with E-state index in [9.17, 15) is 9.59 Å². The third-order valence-electron chi connectivity index (χ3n) is 6.54. The average Bonchev–Trinajstić information content (AvgIpc) is 3.19. The van der Waals surface area contributed by atoms with Crippen molar-refractivity contribution in [1.82, 2.24) is 14.7 Å². The first-order valence-corrected chi connectivity index (χ1v) is 10.5. The number of amides is 2. The number of nitrogens with zero attached hydrogens (tertiary/aromatic N) is 3. The Morgan fingerprint density at radius 2 is 1.74 bits per heavy atom. The van der Waals surface area contributed by atoms with Gasteiger partial charge in [0.1, 0.15) is 0 Å². The second kappa shape index (κ2) is 8.01. The van der Waals surface area contributed by atoms with Crippen LogP contribution in [0.5, 0.6) is 0 Å². The Bertz CT molecular complexity index is 671. The summed E-state index contributed by atoms with van der Waals surface area (Å²) in [6, 6.07) is 10.2. The zero-order valence-electron chi connectivity index (χ0n) is 16.2. The van der Waals surface area contributed by atoms with Gasteiger partial charge in [-0.25, -0.2) is 0 Å². The van der Waals surface area contributed by atoms with E-state index < -0.39 is 0 Å². The molecule has 1 aromatic rings. The van der Waals surface area contributed by atoms with Crippen molar-refractivity contribution < 1.29 is 9.59 Å². The molecule has 0 bridgehead atoms. The van der Waals surface area contributed by atoms with E-state index in [0.29, 0.717) is 19.5 Å². The van der Waals surface area contributed by atoms with Crippen molar-refractivity contribution in [3.8, 4) is 0 Å². The minimum absolute atomic E-state index is 0.0849. The molecule has 5 heteroatoms. The van der Waals surface area contributed by atoms with Crippen LogP contribution in [-0.2, 0) is 16.1 Å². The van der Waals surface area contributed by atoms with E-state index >= 15 is 0 Å². The lowest BCUT2D eigenvalue weighted by Crippen LogP contribution is -2.55. The Labute approximate surface area is 162 Å². The molecular formula is C22H31N3O2. The van der Waals surface area contributed by atoms with Crippen LogP contribution < -0.4 is 0 Å². The molecular weight excluding hydrogens is 338 g/mol. The van der Waals surface area contributed by atoms with Crippen molar-refractivity contribution in [2.75, 3.05) is 39.3 Å². The van der Waals surface area contributed by atoms with Gasteiger partial charge in [-0.1, -0.05) is 30.3 Å². The number of carbonyl (C=O) groups excluding carboxylic acids is 2. The maximum Gasteiger partial charge on any atom is 0.236 e. The average molecular weight is 370 g/mol. The molecule has 0 saturated carbocycles. The summed E-state index contributed by atoms with van der Waals surface area (Å²) in [5, 5.41) is 0. The predicted molar refractivity (Wildman–Crippen MR) is 105 cm³/mol. The molecule has 146 valence electrons. The molecule has 1 spiro atoms. The third-order valence-corrected chi connectivity index (χ3v) is 6.54. The van der Waals surface area contributed by atoms with Gasteiger partial charge >= 0.3 is 0 Å². The zero-order chi connectivity index (χ0) is 18.7. The fourth-order valence-electron chi connectivity index (χ4n) is 5.04. The van der Waals surface area contributed by atoms with Crippen molar-refractivity contribution in [2.24, 2.45) is 5.41 Å². The highest BCUT2D eigenvalue weighted by atomic mass is 16.2. The molecule has 5 nitrogen and oxygen atoms in total. The van der Waals surface area contributed by atoms with E-state index in [2.05, 4.69) is 21.9 Å². The van der Waals surface area contributed by atoms with E-state index in [0.717, 1.165) is 52.0 Å². The highest BCUT2D eigenvalue weighted by molar-refractivity contribution is 5.79. The van der Waals surface area contributed by atoms with E-state index in [1.54, 1.807) is 0 Å². The first-order valence-electron chi connectivity index (χ1n) is 10.5. The second-order valence-corrected chi connectivity index (χ2v) is 8.64. The van der Waals surface area contributed by atoms with Crippen LogP contribution in [0.3, 0.4) is 0 Å². The Balaban J connectivity index is 1.40. The largest absolute Gasteiger partial charge is 0.341 e. The molecule has 1 aromatic carbocycles. The fraction of sp³-hybridized carbons (Fsp3) is 0.636. The highest BCUT2D eigenvalue weighted by Crippen LogP contribution is 2.39. The van der Waals surface area contributed by atoms with E-state index in [1.165, 1.54) is 18.4 Å². The van der Waals surface area contributed by atoms with Gasteiger partial charge in [-0.15, -0.1) is 0 Å². The molecule has 3 fully saturated rings. The Hall–Kier alpha value is -1.88. The molecule has 3 saturated heterocycles. The molecule has 4 rings (SSSR count). The molecule has 0 aliphatic carbocycles. The summed E-state index contributed by atoms with van der Waals surface area (Å²) < 4.78 is 0. The summed E-state index contributed by atoms with van der Waals surface area (Å²) in [6.45, 7) is 5.85. The minimum Gasteiger partial charge on any atom is -0.341 e. The highest BCUT2D eigenvalue weighted by Gasteiger charge is 2.42. The first-order chi connectivity index (χ1) is 13.1. The standard InChI is InChI=1S/C22H31N3O2/c26-20-9-11-22(18-25(20)15-19-7-2-1-3-8-19)10-6-14-24(17-22)21(27)16-23-12-4-5-13-23/h1-3,7-8H,4-6,9-18H2/t22-/m0/s1. The fourth-order valence-corrected chi connectivity index (χ4v) is 5.04. The van der Waals surface area contributed by atoms with Gasteiger partial charge < -0.3 is 9.80 Å². The molecule has 0 aromatic heterocycles. The number of rotatable bonds is 4. The van der Waals surface area contributed by atoms with Gasteiger partial charge in [0, 0.05) is 38.0 Å². The number of benzene rings is 1. The van der Waals surface area contributed by atoms with Gasteiger partial charge in [-0.05, 0) is 50.8 Å². The van der Waals surface area contributed by atoms with Gasteiger partial charge in [-0.2, -0.15) is 0 Å². The molecule has 0 radical (unpaired) electrons. The van der Waals surface area contributed by atoms with Crippen LogP contribution in [0.15, 0.2) is 30.3 Å². The summed E-state index contributed by atoms with van der Waals surface area (Å²) in [6.07, 6.45) is 6.14. The Morgan fingerprint density at radius 3 is 2.52 bits per heavy atom. The SMILES string of the molecule is O=C(CN1CCCC1)N1CCC[C@]2(CCC(=O)N(Cc3ccccc3)C2)C1. The molecule has 0 unspecified atom stereocenters.